The van der Waals surface area contributed by atoms with E-state index in [1.54, 1.807) is 4.90 Å². The summed E-state index contributed by atoms with van der Waals surface area (Å²) < 4.78 is 5.55. The van der Waals surface area contributed by atoms with Gasteiger partial charge in [-0.1, -0.05) is 36.4 Å². The van der Waals surface area contributed by atoms with Crippen LogP contribution in [0.5, 0.6) is 0 Å². The lowest BCUT2D eigenvalue weighted by molar-refractivity contribution is 0.0599. The number of carbonyl (C=O) groups excluding carboxylic acids is 1. The van der Waals surface area contributed by atoms with Gasteiger partial charge in [0.05, 0.1) is 11.4 Å². The molecule has 0 aromatic heterocycles. The van der Waals surface area contributed by atoms with Crippen LogP contribution in [0.25, 0.3) is 0 Å². The van der Waals surface area contributed by atoms with E-state index in [0.29, 0.717) is 0 Å². The van der Waals surface area contributed by atoms with Crippen molar-refractivity contribution in [3.63, 3.8) is 0 Å². The maximum Gasteiger partial charge on any atom is 0.419 e. The molecule has 0 atom stereocenters. The molecule has 3 nitrogen and oxygen atoms in total. The van der Waals surface area contributed by atoms with E-state index in [4.69, 9.17) is 4.74 Å². The van der Waals surface area contributed by atoms with Gasteiger partial charge in [-0.25, -0.2) is 9.69 Å². The number of ether oxygens (including phenoxy) is 1. The number of hydrogen-bond donors (Lipinski definition) is 0. The Labute approximate surface area is 126 Å². The van der Waals surface area contributed by atoms with Gasteiger partial charge in [-0.3, -0.25) is 0 Å². The van der Waals surface area contributed by atoms with Crippen LogP contribution in [-0.4, -0.2) is 11.7 Å². The number of hydrogen-bond acceptors (Lipinski definition) is 2. The highest BCUT2D eigenvalue weighted by Gasteiger charge is 2.25. The minimum absolute atomic E-state index is 0.372. The Morgan fingerprint density at radius 1 is 0.952 bits per heavy atom. The Morgan fingerprint density at radius 2 is 1.52 bits per heavy atom. The fourth-order valence-corrected chi connectivity index (χ4v) is 2.04. The summed E-state index contributed by atoms with van der Waals surface area (Å²) in [6.07, 6.45) is -0.372. The van der Waals surface area contributed by atoms with Crippen LogP contribution in [0, 0.1) is 6.92 Å². The van der Waals surface area contributed by atoms with Crippen molar-refractivity contribution in [2.75, 3.05) is 4.90 Å². The molecule has 110 valence electrons. The molecule has 1 amide bonds. The lowest BCUT2D eigenvalue weighted by Crippen LogP contribution is -2.34. The quantitative estimate of drug-likeness (QED) is 0.770. The molecule has 2 aromatic rings. The smallest absolute Gasteiger partial charge is 0.419 e. The molecule has 0 N–H and O–H groups in total. The molecule has 21 heavy (non-hydrogen) atoms. The van der Waals surface area contributed by atoms with Crippen molar-refractivity contribution in [1.82, 2.24) is 0 Å². The standard InChI is InChI=1S/C18H21NO2/c1-14-10-8-9-13-16(14)19(15-11-6-5-7-12-15)17(20)21-18(2,3)4/h5-13H,1-4H3. The maximum atomic E-state index is 12.6. The van der Waals surface area contributed by atoms with E-state index >= 15 is 0 Å². The third kappa shape index (κ3) is 3.85. The van der Waals surface area contributed by atoms with Crippen LogP contribution in [0.2, 0.25) is 0 Å². The minimum atomic E-state index is -0.535. The molecule has 0 aliphatic carbocycles. The molecular weight excluding hydrogens is 262 g/mol. The molecule has 0 saturated heterocycles. The van der Waals surface area contributed by atoms with Gasteiger partial charge >= 0.3 is 6.09 Å². The summed E-state index contributed by atoms with van der Waals surface area (Å²) in [5.74, 6) is 0. The first-order valence-electron chi connectivity index (χ1n) is 7.02. The molecule has 0 aliphatic heterocycles. The van der Waals surface area contributed by atoms with E-state index in [1.807, 2.05) is 82.3 Å². The number of aryl methyl sites for hydroxylation is 1. The molecule has 0 aliphatic rings. The van der Waals surface area contributed by atoms with Crippen LogP contribution >= 0.6 is 0 Å². The largest absolute Gasteiger partial charge is 0.443 e. The van der Waals surface area contributed by atoms with Gasteiger partial charge in [-0.2, -0.15) is 0 Å². The van der Waals surface area contributed by atoms with Gasteiger partial charge in [-0.05, 0) is 51.5 Å². The van der Waals surface area contributed by atoms with Crippen molar-refractivity contribution in [2.45, 2.75) is 33.3 Å². The molecule has 0 spiro atoms. The Morgan fingerprint density at radius 3 is 2.10 bits per heavy atom. The van der Waals surface area contributed by atoms with Gasteiger partial charge in [0, 0.05) is 0 Å². The predicted octanol–water partition coefficient (Wildman–Crippen LogP) is 5.07. The second-order valence-electron chi connectivity index (χ2n) is 5.94. The summed E-state index contributed by atoms with van der Waals surface area (Å²) in [7, 11) is 0. The van der Waals surface area contributed by atoms with Crippen molar-refractivity contribution in [1.29, 1.82) is 0 Å². The zero-order valence-corrected chi connectivity index (χ0v) is 13.0. The van der Waals surface area contributed by atoms with Gasteiger partial charge in [0.25, 0.3) is 0 Å². The van der Waals surface area contributed by atoms with E-state index in [-0.39, 0.29) is 6.09 Å². The number of amides is 1. The second kappa shape index (κ2) is 6.00. The highest BCUT2D eigenvalue weighted by molar-refractivity contribution is 5.96. The van der Waals surface area contributed by atoms with Gasteiger partial charge in [-0.15, -0.1) is 0 Å². The second-order valence-corrected chi connectivity index (χ2v) is 5.94. The molecule has 0 bridgehead atoms. The fraction of sp³-hybridized carbons (Fsp3) is 0.278. The summed E-state index contributed by atoms with van der Waals surface area (Å²) in [5.41, 5.74) is 2.11. The highest BCUT2D eigenvalue weighted by Crippen LogP contribution is 2.29. The van der Waals surface area contributed by atoms with Gasteiger partial charge < -0.3 is 4.74 Å². The Balaban J connectivity index is 2.46. The molecule has 2 rings (SSSR count). The lowest BCUT2D eigenvalue weighted by atomic mass is 10.1. The van der Waals surface area contributed by atoms with Crippen LogP contribution in [-0.2, 0) is 4.74 Å². The van der Waals surface area contributed by atoms with Crippen molar-refractivity contribution in [2.24, 2.45) is 0 Å². The normalized spacial score (nSPS) is 11.0. The van der Waals surface area contributed by atoms with Crippen molar-refractivity contribution in [3.05, 3.63) is 60.2 Å². The van der Waals surface area contributed by atoms with E-state index in [9.17, 15) is 4.79 Å². The van der Waals surface area contributed by atoms with Gasteiger partial charge in [0.15, 0.2) is 0 Å². The van der Waals surface area contributed by atoms with E-state index in [1.165, 1.54) is 0 Å². The number of nitrogens with zero attached hydrogens (tertiary/aromatic N) is 1. The van der Waals surface area contributed by atoms with Crippen LogP contribution in [0.1, 0.15) is 26.3 Å². The average molecular weight is 283 g/mol. The molecular formula is C18H21NO2. The first kappa shape index (κ1) is 15.1. The third-order valence-electron chi connectivity index (χ3n) is 2.95. The number of para-hydroxylation sites is 2. The van der Waals surface area contributed by atoms with Crippen molar-refractivity contribution in [3.8, 4) is 0 Å². The summed E-state index contributed by atoms with van der Waals surface area (Å²) in [4.78, 5) is 14.2. The molecule has 2 aromatic carbocycles. The number of carbonyl (C=O) groups is 1. The van der Waals surface area contributed by atoms with Gasteiger partial charge in [0.2, 0.25) is 0 Å². The van der Waals surface area contributed by atoms with Crippen LogP contribution < -0.4 is 4.90 Å². The third-order valence-corrected chi connectivity index (χ3v) is 2.95. The number of anilines is 2. The van der Waals surface area contributed by atoms with Crippen LogP contribution in [0.15, 0.2) is 54.6 Å². The maximum absolute atomic E-state index is 12.6. The first-order chi connectivity index (χ1) is 9.88. The fourth-order valence-electron chi connectivity index (χ4n) is 2.04. The molecule has 0 radical (unpaired) electrons. The summed E-state index contributed by atoms with van der Waals surface area (Å²) in [6.45, 7) is 7.58. The van der Waals surface area contributed by atoms with E-state index < -0.39 is 5.60 Å². The zero-order valence-electron chi connectivity index (χ0n) is 13.0. The van der Waals surface area contributed by atoms with Crippen LogP contribution in [0.3, 0.4) is 0 Å². The van der Waals surface area contributed by atoms with Gasteiger partial charge in [0.1, 0.15) is 5.60 Å². The average Bonchev–Trinajstić information content (AvgIpc) is 2.40. The number of rotatable bonds is 2. The summed E-state index contributed by atoms with van der Waals surface area (Å²) in [5, 5.41) is 0. The predicted molar refractivity (Wildman–Crippen MR) is 86.0 cm³/mol. The lowest BCUT2D eigenvalue weighted by Gasteiger charge is -2.28. The zero-order chi connectivity index (χ0) is 15.5. The highest BCUT2D eigenvalue weighted by atomic mass is 16.6. The molecule has 3 heteroatoms. The molecule has 0 fully saturated rings. The number of benzene rings is 2. The minimum Gasteiger partial charge on any atom is -0.443 e. The summed E-state index contributed by atoms with van der Waals surface area (Å²) >= 11 is 0. The first-order valence-corrected chi connectivity index (χ1v) is 7.02. The topological polar surface area (TPSA) is 29.5 Å². The Bertz CT molecular complexity index is 615. The van der Waals surface area contributed by atoms with Crippen LogP contribution in [0.4, 0.5) is 16.2 Å². The molecule has 0 saturated carbocycles. The van der Waals surface area contributed by atoms with E-state index in [0.717, 1.165) is 16.9 Å². The Hall–Kier alpha value is -2.29. The SMILES string of the molecule is Cc1ccccc1N(C(=O)OC(C)(C)C)c1ccccc1. The molecule has 0 unspecified atom stereocenters. The Kier molecular flexibility index (Phi) is 4.32. The van der Waals surface area contributed by atoms with E-state index in [2.05, 4.69) is 0 Å². The monoisotopic (exact) mass is 283 g/mol. The molecule has 0 heterocycles. The summed E-state index contributed by atoms with van der Waals surface area (Å²) in [6, 6.07) is 17.3. The van der Waals surface area contributed by atoms with Crippen molar-refractivity contribution >= 4 is 17.5 Å². The van der Waals surface area contributed by atoms with Crippen molar-refractivity contribution < 1.29 is 9.53 Å².